The Hall–Kier alpha value is -1.29. The van der Waals surface area contributed by atoms with Crippen LogP contribution in [0.15, 0.2) is 5.16 Å². The second kappa shape index (κ2) is 6.65. The maximum absolute atomic E-state index is 11.5. The van der Waals surface area contributed by atoms with E-state index in [2.05, 4.69) is 20.6 Å². The molecule has 0 aromatic rings. The van der Waals surface area contributed by atoms with Crippen molar-refractivity contribution in [1.82, 2.24) is 10.6 Å². The summed E-state index contributed by atoms with van der Waals surface area (Å²) in [4.78, 5) is 27.4. The minimum atomic E-state index is -3.22. The number of carbonyl (C=O) groups is 2. The van der Waals surface area contributed by atoms with Gasteiger partial charge in [0.1, 0.15) is 5.04 Å². The lowest BCUT2D eigenvalue weighted by atomic mass is 10.1. The highest BCUT2D eigenvalue weighted by atomic mass is 32.2. The van der Waals surface area contributed by atoms with Crippen molar-refractivity contribution in [2.75, 3.05) is 18.6 Å². The molecule has 0 aliphatic carbocycles. The van der Waals surface area contributed by atoms with Crippen molar-refractivity contribution in [2.45, 2.75) is 31.6 Å². The Morgan fingerprint density at radius 2 is 2.19 bits per heavy atom. The molecule has 0 aromatic carbocycles. The fourth-order valence-corrected chi connectivity index (χ4v) is 2.61. The van der Waals surface area contributed by atoms with E-state index in [1.165, 1.54) is 18.7 Å². The minimum Gasteiger partial charge on any atom is -0.344 e. The summed E-state index contributed by atoms with van der Waals surface area (Å²) in [5.41, 5.74) is -0.708. The summed E-state index contributed by atoms with van der Waals surface area (Å²) in [6, 6.07) is 0. The third-order valence-electron chi connectivity index (χ3n) is 2.80. The van der Waals surface area contributed by atoms with Gasteiger partial charge in [0.25, 0.3) is 0 Å². The molecule has 0 saturated carbocycles. The molecule has 1 unspecified atom stereocenters. The number of amides is 2. The summed E-state index contributed by atoms with van der Waals surface area (Å²) in [5.74, 6) is 0.0913. The highest BCUT2D eigenvalue weighted by molar-refractivity contribution is 8.14. The largest absolute Gasteiger partial charge is 0.433 e. The summed E-state index contributed by atoms with van der Waals surface area (Å²) in [5, 5.41) is 8.51. The van der Waals surface area contributed by atoms with Crippen molar-refractivity contribution in [3.8, 4) is 0 Å². The first-order chi connectivity index (χ1) is 9.52. The maximum Gasteiger partial charge on any atom is 0.433 e. The molecule has 8 nitrogen and oxygen atoms in total. The quantitative estimate of drug-likeness (QED) is 0.555. The van der Waals surface area contributed by atoms with Crippen molar-refractivity contribution >= 4 is 38.6 Å². The van der Waals surface area contributed by atoms with Crippen LogP contribution in [-0.4, -0.2) is 54.8 Å². The second-order valence-electron chi connectivity index (χ2n) is 5.26. The average Bonchev–Trinajstić information content (AvgIpc) is 2.32. The van der Waals surface area contributed by atoms with E-state index in [9.17, 15) is 18.0 Å². The molecule has 2 N–H and O–H groups in total. The molecule has 21 heavy (non-hydrogen) atoms. The molecule has 1 fully saturated rings. The molecule has 120 valence electrons. The average molecular weight is 337 g/mol. The number of hydrogen-bond donors (Lipinski definition) is 2. The first-order valence-corrected chi connectivity index (χ1v) is 9.12. The van der Waals surface area contributed by atoms with Crippen LogP contribution in [0, 0.1) is 0 Å². The van der Waals surface area contributed by atoms with Gasteiger partial charge in [-0.1, -0.05) is 16.9 Å². The summed E-state index contributed by atoms with van der Waals surface area (Å²) < 4.78 is 22.4. The van der Waals surface area contributed by atoms with E-state index in [0.29, 0.717) is 5.04 Å². The Balaban J connectivity index is 2.52. The molecule has 1 aliphatic rings. The summed E-state index contributed by atoms with van der Waals surface area (Å²) in [6.45, 7) is 4.90. The molecule has 1 aliphatic heterocycles. The van der Waals surface area contributed by atoms with Crippen LogP contribution >= 0.6 is 11.8 Å². The van der Waals surface area contributed by atoms with E-state index in [-0.39, 0.29) is 18.2 Å². The van der Waals surface area contributed by atoms with Crippen molar-refractivity contribution in [3.05, 3.63) is 0 Å². The van der Waals surface area contributed by atoms with Gasteiger partial charge in [0.05, 0.1) is 16.5 Å². The van der Waals surface area contributed by atoms with Gasteiger partial charge in [0.2, 0.25) is 5.91 Å². The molecule has 0 aromatic heterocycles. The highest BCUT2D eigenvalue weighted by Crippen LogP contribution is 2.22. The van der Waals surface area contributed by atoms with Gasteiger partial charge in [-0.25, -0.2) is 13.2 Å². The predicted molar refractivity (Wildman–Crippen MR) is 80.9 cm³/mol. The van der Waals surface area contributed by atoms with Gasteiger partial charge in [-0.3, -0.25) is 9.63 Å². The molecule has 1 heterocycles. The first kappa shape index (κ1) is 17.8. The lowest BCUT2D eigenvalue weighted by Crippen LogP contribution is -2.53. The number of rotatable bonds is 4. The molecular weight excluding hydrogens is 318 g/mol. The van der Waals surface area contributed by atoms with E-state index >= 15 is 0 Å². The van der Waals surface area contributed by atoms with Gasteiger partial charge in [0.15, 0.2) is 9.84 Å². The van der Waals surface area contributed by atoms with Crippen LogP contribution in [0.3, 0.4) is 0 Å². The molecule has 1 rings (SSSR count). The van der Waals surface area contributed by atoms with Gasteiger partial charge in [-0.05, 0) is 20.8 Å². The Kier molecular flexibility index (Phi) is 5.62. The number of sulfone groups is 1. The van der Waals surface area contributed by atoms with Gasteiger partial charge in [0, 0.05) is 12.8 Å². The Morgan fingerprint density at radius 1 is 1.57 bits per heavy atom. The Morgan fingerprint density at radius 3 is 2.71 bits per heavy atom. The van der Waals surface area contributed by atoms with E-state index in [4.69, 9.17) is 0 Å². The zero-order valence-electron chi connectivity index (χ0n) is 12.3. The number of hydrogen-bond acceptors (Lipinski definition) is 7. The van der Waals surface area contributed by atoms with Crippen LogP contribution in [0.4, 0.5) is 4.79 Å². The minimum absolute atomic E-state index is 0.0597. The zero-order valence-corrected chi connectivity index (χ0v) is 13.9. The number of nitrogens with zero attached hydrogens (tertiary/aromatic N) is 1. The fourth-order valence-electron chi connectivity index (χ4n) is 1.39. The van der Waals surface area contributed by atoms with Crippen LogP contribution < -0.4 is 10.6 Å². The number of oxime groups is 1. The second-order valence-corrected chi connectivity index (χ2v) is 8.69. The Labute approximate surface area is 128 Å². The molecule has 2 amide bonds. The van der Waals surface area contributed by atoms with Crippen LogP contribution in [-0.2, 0) is 19.5 Å². The molecule has 1 saturated heterocycles. The van der Waals surface area contributed by atoms with Gasteiger partial charge < -0.3 is 10.6 Å². The lowest BCUT2D eigenvalue weighted by Gasteiger charge is -2.30. The molecule has 0 spiro atoms. The summed E-state index contributed by atoms with van der Waals surface area (Å²) >= 11 is 1.19. The summed E-state index contributed by atoms with van der Waals surface area (Å²) in [7, 11) is -3.22. The highest BCUT2D eigenvalue weighted by Gasteiger charge is 2.33. The van der Waals surface area contributed by atoms with Crippen LogP contribution in [0.25, 0.3) is 0 Å². The first-order valence-electron chi connectivity index (χ1n) is 6.18. The number of nitrogens with one attached hydrogen (secondary N) is 2. The molecule has 1 atom stereocenters. The SMILES string of the molecule is CC(CNC(=O)ON=C1SCC(=O)NC1(C)C)S(C)(=O)=O. The summed E-state index contributed by atoms with van der Waals surface area (Å²) in [6.07, 6.45) is 0.251. The topological polar surface area (TPSA) is 114 Å². The molecule has 0 radical (unpaired) electrons. The number of thioether (sulfide) groups is 1. The zero-order chi connectivity index (χ0) is 16.3. The van der Waals surface area contributed by atoms with Gasteiger partial charge in [-0.15, -0.1) is 0 Å². The lowest BCUT2D eigenvalue weighted by molar-refractivity contribution is -0.119. The third-order valence-corrected chi connectivity index (χ3v) is 5.70. The van der Waals surface area contributed by atoms with Crippen LogP contribution in [0.5, 0.6) is 0 Å². The van der Waals surface area contributed by atoms with Gasteiger partial charge >= 0.3 is 6.09 Å². The third kappa shape index (κ3) is 5.54. The smallest absolute Gasteiger partial charge is 0.344 e. The molecule has 0 bridgehead atoms. The molecule has 10 heteroatoms. The van der Waals surface area contributed by atoms with Crippen molar-refractivity contribution in [1.29, 1.82) is 0 Å². The van der Waals surface area contributed by atoms with E-state index in [1.54, 1.807) is 13.8 Å². The van der Waals surface area contributed by atoms with Gasteiger partial charge in [-0.2, -0.15) is 0 Å². The van der Waals surface area contributed by atoms with Crippen LogP contribution in [0.2, 0.25) is 0 Å². The normalized spacial score (nSPS) is 21.5. The standard InChI is InChI=1S/C11H19N3O5S2/c1-7(21(4,17)18)5-12-10(16)19-14-9-11(2,3)13-8(15)6-20-9/h7H,5-6H2,1-4H3,(H,12,16)(H,13,15). The fraction of sp³-hybridized carbons (Fsp3) is 0.727. The number of carbonyl (C=O) groups excluding carboxylic acids is 2. The van der Waals surface area contributed by atoms with Crippen molar-refractivity contribution in [3.63, 3.8) is 0 Å². The Bertz CT molecular complexity index is 556. The van der Waals surface area contributed by atoms with E-state index in [1.807, 2.05) is 0 Å². The van der Waals surface area contributed by atoms with Crippen LogP contribution in [0.1, 0.15) is 20.8 Å². The molecular formula is C11H19N3O5S2. The van der Waals surface area contributed by atoms with E-state index in [0.717, 1.165) is 6.26 Å². The van der Waals surface area contributed by atoms with Crippen molar-refractivity contribution < 1.29 is 22.8 Å². The van der Waals surface area contributed by atoms with Crippen molar-refractivity contribution in [2.24, 2.45) is 5.16 Å². The predicted octanol–water partition coefficient (Wildman–Crippen LogP) is 0.101. The van der Waals surface area contributed by atoms with E-state index < -0.39 is 26.7 Å². The monoisotopic (exact) mass is 337 g/mol. The maximum atomic E-state index is 11.5.